The van der Waals surface area contributed by atoms with Crippen LogP contribution in [0, 0.1) is 5.41 Å². The molecule has 3 rings (SSSR count). The van der Waals surface area contributed by atoms with Gasteiger partial charge in [0.05, 0.1) is 11.5 Å². The second-order valence-corrected chi connectivity index (χ2v) is 8.74. The number of para-hydroxylation sites is 1. The summed E-state index contributed by atoms with van der Waals surface area (Å²) in [6.45, 7) is 7.86. The summed E-state index contributed by atoms with van der Waals surface area (Å²) in [6.07, 6.45) is 4.66. The molecule has 0 bridgehead atoms. The van der Waals surface area contributed by atoms with Crippen molar-refractivity contribution in [1.82, 2.24) is 10.2 Å². The predicted molar refractivity (Wildman–Crippen MR) is 121 cm³/mol. The molecule has 0 aliphatic carbocycles. The van der Waals surface area contributed by atoms with E-state index in [9.17, 15) is 4.79 Å². The van der Waals surface area contributed by atoms with Crippen LogP contribution in [-0.2, 0) is 4.79 Å². The number of nitrogens with one attached hydrogen (secondary N) is 2. The quantitative estimate of drug-likeness (QED) is 0.639. The number of benzene rings is 2. The summed E-state index contributed by atoms with van der Waals surface area (Å²) in [6, 6.07) is 20.9. The van der Waals surface area contributed by atoms with Crippen LogP contribution in [0.3, 0.4) is 0 Å². The van der Waals surface area contributed by atoms with Gasteiger partial charge in [-0.15, -0.1) is 0 Å². The molecule has 1 atom stereocenters. The summed E-state index contributed by atoms with van der Waals surface area (Å²) in [7, 11) is 0. The van der Waals surface area contributed by atoms with Gasteiger partial charge in [0.1, 0.15) is 0 Å². The molecule has 1 fully saturated rings. The van der Waals surface area contributed by atoms with E-state index in [0.29, 0.717) is 6.54 Å². The number of carbonyl (C=O) groups excluding carboxylic acids is 1. The lowest BCUT2D eigenvalue weighted by molar-refractivity contribution is -0.130. The maximum atomic E-state index is 12.9. The monoisotopic (exact) mass is 393 g/mol. The number of hydrogen-bond donors (Lipinski definition) is 2. The highest BCUT2D eigenvalue weighted by atomic mass is 16.2. The van der Waals surface area contributed by atoms with E-state index in [4.69, 9.17) is 0 Å². The van der Waals surface area contributed by atoms with Gasteiger partial charge in [-0.2, -0.15) is 0 Å². The van der Waals surface area contributed by atoms with Crippen LogP contribution in [0.25, 0.3) is 0 Å². The first-order valence-corrected chi connectivity index (χ1v) is 10.9. The Labute approximate surface area is 175 Å². The molecule has 156 valence electrons. The Morgan fingerprint density at radius 1 is 0.966 bits per heavy atom. The van der Waals surface area contributed by atoms with Gasteiger partial charge in [-0.25, -0.2) is 0 Å². The van der Waals surface area contributed by atoms with Gasteiger partial charge in [0.2, 0.25) is 5.91 Å². The SMILES string of the molecule is CC(C)(CN1CCCCC1)C(=O)NCCC(Nc1ccccc1)c1ccccc1. The Morgan fingerprint density at radius 2 is 1.59 bits per heavy atom. The summed E-state index contributed by atoms with van der Waals surface area (Å²) < 4.78 is 0. The van der Waals surface area contributed by atoms with Crippen LogP contribution in [0.1, 0.15) is 51.1 Å². The average molecular weight is 394 g/mol. The van der Waals surface area contributed by atoms with Crippen molar-refractivity contribution in [3.05, 3.63) is 66.2 Å². The maximum Gasteiger partial charge on any atom is 0.226 e. The molecule has 0 aromatic heterocycles. The molecule has 0 spiro atoms. The fraction of sp³-hybridized carbons (Fsp3) is 0.480. The van der Waals surface area contributed by atoms with Gasteiger partial charge in [-0.05, 0) is 63.9 Å². The lowest BCUT2D eigenvalue weighted by Gasteiger charge is -2.34. The molecule has 1 aliphatic rings. The first-order valence-electron chi connectivity index (χ1n) is 10.9. The summed E-state index contributed by atoms with van der Waals surface area (Å²) in [5.41, 5.74) is 1.96. The lowest BCUT2D eigenvalue weighted by atomic mass is 9.90. The summed E-state index contributed by atoms with van der Waals surface area (Å²) >= 11 is 0. The van der Waals surface area contributed by atoms with Crippen LogP contribution in [0.2, 0.25) is 0 Å². The molecule has 2 aromatic rings. The van der Waals surface area contributed by atoms with Crippen molar-refractivity contribution < 1.29 is 4.79 Å². The van der Waals surface area contributed by atoms with Crippen LogP contribution in [0.5, 0.6) is 0 Å². The highest BCUT2D eigenvalue weighted by Gasteiger charge is 2.30. The van der Waals surface area contributed by atoms with Gasteiger partial charge in [0.15, 0.2) is 0 Å². The van der Waals surface area contributed by atoms with E-state index >= 15 is 0 Å². The van der Waals surface area contributed by atoms with Crippen LogP contribution in [0.4, 0.5) is 5.69 Å². The molecule has 4 heteroatoms. The van der Waals surface area contributed by atoms with Gasteiger partial charge in [-0.1, -0.05) is 55.0 Å². The smallest absolute Gasteiger partial charge is 0.226 e. The molecule has 0 saturated carbocycles. The zero-order valence-corrected chi connectivity index (χ0v) is 17.9. The molecule has 1 unspecified atom stereocenters. The first-order chi connectivity index (χ1) is 14.0. The Morgan fingerprint density at radius 3 is 2.24 bits per heavy atom. The molecule has 1 aliphatic heterocycles. The number of hydrogen-bond acceptors (Lipinski definition) is 3. The predicted octanol–water partition coefficient (Wildman–Crippen LogP) is 4.86. The van der Waals surface area contributed by atoms with Crippen molar-refractivity contribution in [2.75, 3.05) is 31.5 Å². The average Bonchev–Trinajstić information content (AvgIpc) is 2.74. The van der Waals surface area contributed by atoms with Crippen molar-refractivity contribution in [3.63, 3.8) is 0 Å². The highest BCUT2D eigenvalue weighted by molar-refractivity contribution is 5.82. The van der Waals surface area contributed by atoms with Crippen LogP contribution < -0.4 is 10.6 Å². The van der Waals surface area contributed by atoms with Crippen molar-refractivity contribution in [2.45, 2.75) is 45.6 Å². The number of amides is 1. The lowest BCUT2D eigenvalue weighted by Crippen LogP contribution is -2.46. The maximum absolute atomic E-state index is 12.9. The third-order valence-corrected chi connectivity index (χ3v) is 5.72. The summed E-state index contributed by atoms with van der Waals surface area (Å²) in [4.78, 5) is 15.3. The van der Waals surface area contributed by atoms with Crippen molar-refractivity contribution in [1.29, 1.82) is 0 Å². The van der Waals surface area contributed by atoms with Gasteiger partial charge in [0.25, 0.3) is 0 Å². The fourth-order valence-corrected chi connectivity index (χ4v) is 4.06. The minimum Gasteiger partial charge on any atom is -0.378 e. The number of rotatable bonds is 9. The minimum atomic E-state index is -0.369. The van der Waals surface area contributed by atoms with E-state index in [1.54, 1.807) is 0 Å². The second kappa shape index (κ2) is 10.4. The Balaban J connectivity index is 1.55. The number of piperidine rings is 1. The topological polar surface area (TPSA) is 44.4 Å². The van der Waals surface area contributed by atoms with E-state index in [1.165, 1.54) is 24.8 Å². The van der Waals surface area contributed by atoms with Crippen molar-refractivity contribution in [2.24, 2.45) is 5.41 Å². The largest absolute Gasteiger partial charge is 0.378 e. The van der Waals surface area contributed by atoms with Crippen molar-refractivity contribution in [3.8, 4) is 0 Å². The second-order valence-electron chi connectivity index (χ2n) is 8.74. The highest BCUT2D eigenvalue weighted by Crippen LogP contribution is 2.23. The Bertz CT molecular complexity index is 739. The van der Waals surface area contributed by atoms with Crippen LogP contribution >= 0.6 is 0 Å². The summed E-state index contributed by atoms with van der Waals surface area (Å²) in [5, 5.41) is 6.81. The van der Waals surface area contributed by atoms with Gasteiger partial charge in [0, 0.05) is 18.8 Å². The zero-order valence-electron chi connectivity index (χ0n) is 17.9. The molecule has 2 N–H and O–H groups in total. The first kappa shape index (κ1) is 21.4. The molecule has 1 heterocycles. The molecular formula is C25H35N3O. The van der Waals surface area contributed by atoms with Gasteiger partial charge < -0.3 is 15.5 Å². The van der Waals surface area contributed by atoms with Crippen LogP contribution in [0.15, 0.2) is 60.7 Å². The molecule has 2 aromatic carbocycles. The number of likely N-dealkylation sites (tertiary alicyclic amines) is 1. The number of carbonyl (C=O) groups is 1. The minimum absolute atomic E-state index is 0.148. The zero-order chi connectivity index (χ0) is 20.5. The molecule has 1 saturated heterocycles. The van der Waals surface area contributed by atoms with E-state index in [-0.39, 0.29) is 17.4 Å². The van der Waals surface area contributed by atoms with Gasteiger partial charge in [-0.3, -0.25) is 4.79 Å². The normalized spacial score (nSPS) is 16.2. The molecule has 29 heavy (non-hydrogen) atoms. The van der Waals surface area contributed by atoms with E-state index in [0.717, 1.165) is 31.7 Å². The molecule has 1 amide bonds. The number of nitrogens with zero attached hydrogens (tertiary/aromatic N) is 1. The summed E-state index contributed by atoms with van der Waals surface area (Å²) in [5.74, 6) is 0.148. The standard InChI is InChI=1S/C25H35N3O/c1-25(2,20-28-18-10-5-11-19-28)24(29)26-17-16-23(21-12-6-3-7-13-21)27-22-14-8-4-9-15-22/h3-4,6-9,12-15,23,27H,5,10-11,16-20H2,1-2H3,(H,26,29). The molecule has 0 radical (unpaired) electrons. The molecule has 4 nitrogen and oxygen atoms in total. The number of anilines is 1. The third kappa shape index (κ3) is 6.60. The van der Waals surface area contributed by atoms with E-state index in [2.05, 4.69) is 65.8 Å². The van der Waals surface area contributed by atoms with E-state index in [1.807, 2.05) is 24.3 Å². The van der Waals surface area contributed by atoms with E-state index < -0.39 is 0 Å². The fourth-order valence-electron chi connectivity index (χ4n) is 4.06. The Hall–Kier alpha value is -2.33. The third-order valence-electron chi connectivity index (χ3n) is 5.72. The van der Waals surface area contributed by atoms with Crippen molar-refractivity contribution >= 4 is 11.6 Å². The molecular weight excluding hydrogens is 358 g/mol. The van der Waals surface area contributed by atoms with Gasteiger partial charge >= 0.3 is 0 Å². The van der Waals surface area contributed by atoms with Crippen LogP contribution in [-0.4, -0.2) is 37.0 Å². The Kier molecular flexibility index (Phi) is 7.70.